The fourth-order valence-electron chi connectivity index (χ4n) is 2.79. The van der Waals surface area contributed by atoms with Gasteiger partial charge in [-0.25, -0.2) is 14.2 Å². The molecule has 3 rings (SSSR count). The smallest absolute Gasteiger partial charge is 0.335 e. The van der Waals surface area contributed by atoms with Gasteiger partial charge in [0, 0.05) is 0 Å². The van der Waals surface area contributed by atoms with Gasteiger partial charge in [0.05, 0.1) is 17.2 Å². The zero-order valence-electron chi connectivity index (χ0n) is 12.3. The summed E-state index contributed by atoms with van der Waals surface area (Å²) in [6, 6.07) is 9.01. The highest BCUT2D eigenvalue weighted by Gasteiger charge is 2.45. The van der Waals surface area contributed by atoms with Crippen molar-refractivity contribution in [3.05, 3.63) is 59.5 Å². The van der Waals surface area contributed by atoms with Crippen LogP contribution in [0.5, 0.6) is 0 Å². The Bertz CT molecular complexity index is 737. The predicted molar refractivity (Wildman–Crippen MR) is 81.8 cm³/mol. The Hall–Kier alpha value is -2.76. The van der Waals surface area contributed by atoms with Crippen molar-refractivity contribution < 1.29 is 19.1 Å². The lowest BCUT2D eigenvalue weighted by atomic mass is 9.63. The lowest BCUT2D eigenvalue weighted by Gasteiger charge is -2.40. The normalized spacial score (nSPS) is 15.5. The Kier molecular flexibility index (Phi) is 3.82. The molecule has 0 atom stereocenters. The van der Waals surface area contributed by atoms with Crippen molar-refractivity contribution in [3.8, 4) is 0 Å². The van der Waals surface area contributed by atoms with Crippen molar-refractivity contribution in [1.29, 1.82) is 0 Å². The number of carboxylic acids is 1. The minimum absolute atomic E-state index is 0.184. The summed E-state index contributed by atoms with van der Waals surface area (Å²) >= 11 is 0. The number of nitrogens with zero attached hydrogens (tertiary/aromatic N) is 1. The summed E-state index contributed by atoms with van der Waals surface area (Å²) in [4.78, 5) is 27.4. The van der Waals surface area contributed by atoms with E-state index in [1.807, 2.05) is 0 Å². The molecule has 23 heavy (non-hydrogen) atoms. The van der Waals surface area contributed by atoms with Crippen molar-refractivity contribution in [2.24, 2.45) is 0 Å². The van der Waals surface area contributed by atoms with Gasteiger partial charge in [-0.2, -0.15) is 0 Å². The number of pyridine rings is 1. The molecule has 0 unspecified atom stereocenters. The molecule has 0 spiro atoms. The number of anilines is 1. The van der Waals surface area contributed by atoms with E-state index in [1.54, 1.807) is 12.1 Å². The highest BCUT2D eigenvalue weighted by Crippen LogP contribution is 2.44. The molecule has 1 fully saturated rings. The van der Waals surface area contributed by atoms with Crippen molar-refractivity contribution >= 4 is 17.7 Å². The topological polar surface area (TPSA) is 79.3 Å². The van der Waals surface area contributed by atoms with Crippen LogP contribution in [-0.4, -0.2) is 22.0 Å². The molecule has 5 nitrogen and oxygen atoms in total. The molecular weight excluding hydrogens is 299 g/mol. The molecule has 0 radical (unpaired) electrons. The second kappa shape index (κ2) is 5.79. The number of benzene rings is 1. The second-order valence-corrected chi connectivity index (χ2v) is 5.63. The van der Waals surface area contributed by atoms with E-state index >= 15 is 0 Å². The summed E-state index contributed by atoms with van der Waals surface area (Å²) in [5, 5.41) is 11.7. The number of carbonyl (C=O) groups is 2. The number of aromatic nitrogens is 1. The minimum Gasteiger partial charge on any atom is -0.478 e. The quantitative estimate of drug-likeness (QED) is 0.909. The maximum atomic E-state index is 12.9. The van der Waals surface area contributed by atoms with E-state index in [9.17, 15) is 14.0 Å². The molecule has 0 saturated heterocycles. The molecule has 6 heteroatoms. The molecule has 1 heterocycles. The van der Waals surface area contributed by atoms with Gasteiger partial charge in [-0.15, -0.1) is 0 Å². The first-order chi connectivity index (χ1) is 11.0. The van der Waals surface area contributed by atoms with Gasteiger partial charge in [-0.1, -0.05) is 18.6 Å². The van der Waals surface area contributed by atoms with Crippen LogP contribution in [0.3, 0.4) is 0 Å². The number of nitrogens with one attached hydrogen (secondary N) is 1. The van der Waals surface area contributed by atoms with Gasteiger partial charge < -0.3 is 10.4 Å². The van der Waals surface area contributed by atoms with Crippen LogP contribution in [-0.2, 0) is 10.2 Å². The van der Waals surface area contributed by atoms with Gasteiger partial charge in [-0.05, 0) is 42.7 Å². The summed E-state index contributed by atoms with van der Waals surface area (Å²) in [6.07, 6.45) is 3.34. The van der Waals surface area contributed by atoms with Crippen LogP contribution in [0.1, 0.15) is 35.2 Å². The van der Waals surface area contributed by atoms with Crippen molar-refractivity contribution in [2.75, 3.05) is 5.32 Å². The van der Waals surface area contributed by atoms with Crippen molar-refractivity contribution in [2.45, 2.75) is 24.7 Å². The number of aromatic carboxylic acids is 1. The Labute approximate surface area is 132 Å². The largest absolute Gasteiger partial charge is 0.478 e. The van der Waals surface area contributed by atoms with Crippen molar-refractivity contribution in [3.63, 3.8) is 0 Å². The minimum atomic E-state index is -1.00. The van der Waals surface area contributed by atoms with Gasteiger partial charge in [0.15, 0.2) is 0 Å². The van der Waals surface area contributed by atoms with E-state index in [0.717, 1.165) is 18.2 Å². The molecule has 2 N–H and O–H groups in total. The molecule has 1 saturated carbocycles. The Morgan fingerprint density at radius 2 is 1.83 bits per heavy atom. The molecule has 1 aliphatic rings. The summed E-state index contributed by atoms with van der Waals surface area (Å²) in [6.45, 7) is 0. The standard InChI is InChI=1S/C17H15FN2O3/c18-13-6-7-14(19-10-13)20-16(23)17(8-1-9-17)12-4-2-11(3-5-12)15(21)22/h2-7,10H,1,8-9H2,(H,21,22)(H,19,20,23). The van der Waals surface area contributed by atoms with Crippen LogP contribution in [0, 0.1) is 5.82 Å². The molecule has 1 aromatic carbocycles. The molecule has 118 valence electrons. The predicted octanol–water partition coefficient (Wildman–Crippen LogP) is 2.98. The lowest BCUT2D eigenvalue weighted by molar-refractivity contribution is -0.124. The zero-order valence-corrected chi connectivity index (χ0v) is 12.3. The van der Waals surface area contributed by atoms with E-state index in [0.29, 0.717) is 18.7 Å². The first kappa shape index (κ1) is 15.1. The Morgan fingerprint density at radius 1 is 1.13 bits per heavy atom. The number of halogens is 1. The van der Waals surface area contributed by atoms with E-state index in [1.165, 1.54) is 24.3 Å². The molecule has 0 bridgehead atoms. The van der Waals surface area contributed by atoms with E-state index in [4.69, 9.17) is 5.11 Å². The fourth-order valence-corrected chi connectivity index (χ4v) is 2.79. The second-order valence-electron chi connectivity index (χ2n) is 5.63. The first-order valence-electron chi connectivity index (χ1n) is 7.28. The molecular formula is C17H15FN2O3. The summed E-state index contributed by atoms with van der Waals surface area (Å²) in [5.74, 6) is -1.37. The summed E-state index contributed by atoms with van der Waals surface area (Å²) in [5.41, 5.74) is 0.296. The molecule has 1 aliphatic carbocycles. The van der Waals surface area contributed by atoms with Crippen LogP contribution >= 0.6 is 0 Å². The average molecular weight is 314 g/mol. The van der Waals surface area contributed by atoms with Crippen LogP contribution in [0.25, 0.3) is 0 Å². The van der Waals surface area contributed by atoms with E-state index in [2.05, 4.69) is 10.3 Å². The SMILES string of the molecule is O=C(O)c1ccc(C2(C(=O)Nc3ccc(F)cn3)CCC2)cc1. The van der Waals surface area contributed by atoms with E-state index < -0.39 is 17.2 Å². The number of rotatable bonds is 4. The van der Waals surface area contributed by atoms with Gasteiger partial charge >= 0.3 is 5.97 Å². The van der Waals surface area contributed by atoms with Crippen LogP contribution < -0.4 is 5.32 Å². The van der Waals surface area contributed by atoms with Gasteiger partial charge in [-0.3, -0.25) is 4.79 Å². The number of hydrogen-bond acceptors (Lipinski definition) is 3. The maximum absolute atomic E-state index is 12.9. The third-order valence-corrected chi connectivity index (χ3v) is 4.30. The van der Waals surface area contributed by atoms with Crippen LogP contribution in [0.4, 0.5) is 10.2 Å². The molecule has 0 aliphatic heterocycles. The van der Waals surface area contributed by atoms with Gasteiger partial charge in [0.1, 0.15) is 11.6 Å². The Balaban J connectivity index is 1.83. The highest BCUT2D eigenvalue weighted by atomic mass is 19.1. The lowest BCUT2D eigenvalue weighted by Crippen LogP contribution is -2.46. The van der Waals surface area contributed by atoms with Gasteiger partial charge in [0.25, 0.3) is 0 Å². The maximum Gasteiger partial charge on any atom is 0.335 e. The first-order valence-corrected chi connectivity index (χ1v) is 7.28. The van der Waals surface area contributed by atoms with E-state index in [-0.39, 0.29) is 11.5 Å². The van der Waals surface area contributed by atoms with Gasteiger partial charge in [0.2, 0.25) is 5.91 Å². The fraction of sp³-hybridized carbons (Fsp3) is 0.235. The third kappa shape index (κ3) is 2.79. The monoisotopic (exact) mass is 314 g/mol. The summed E-state index contributed by atoms with van der Waals surface area (Å²) in [7, 11) is 0. The van der Waals surface area contributed by atoms with Crippen molar-refractivity contribution in [1.82, 2.24) is 4.98 Å². The molecule has 1 aromatic heterocycles. The number of amides is 1. The summed E-state index contributed by atoms with van der Waals surface area (Å²) < 4.78 is 12.9. The number of hydrogen-bond donors (Lipinski definition) is 2. The third-order valence-electron chi connectivity index (χ3n) is 4.30. The highest BCUT2D eigenvalue weighted by molar-refractivity contribution is 5.99. The number of carboxylic acid groups (broad SMARTS) is 1. The molecule has 1 amide bonds. The molecule has 2 aromatic rings. The zero-order chi connectivity index (χ0) is 16.4. The number of carbonyl (C=O) groups excluding carboxylic acids is 1. The van der Waals surface area contributed by atoms with Crippen LogP contribution in [0.2, 0.25) is 0 Å². The van der Waals surface area contributed by atoms with Crippen LogP contribution in [0.15, 0.2) is 42.6 Å². The average Bonchev–Trinajstić information content (AvgIpc) is 2.49. The Morgan fingerprint density at radius 3 is 2.30 bits per heavy atom.